The van der Waals surface area contributed by atoms with Crippen LogP contribution in [0.25, 0.3) is 0 Å². The van der Waals surface area contributed by atoms with Gasteiger partial charge >= 0.3 is 0 Å². The molecule has 0 fully saturated rings. The predicted molar refractivity (Wildman–Crippen MR) is 82.1 cm³/mol. The molecular weight excluding hydrogens is 268 g/mol. The lowest BCUT2D eigenvalue weighted by Crippen LogP contribution is -2.26. The fourth-order valence-corrected chi connectivity index (χ4v) is 2.05. The molecule has 0 aliphatic carbocycles. The van der Waals surface area contributed by atoms with Crippen LogP contribution < -0.4 is 10.6 Å². The number of rotatable bonds is 7. The summed E-state index contributed by atoms with van der Waals surface area (Å²) in [5.41, 5.74) is 6.75. The lowest BCUT2D eigenvalue weighted by atomic mass is 10.2. The summed E-state index contributed by atoms with van der Waals surface area (Å²) in [6, 6.07) is 12.8. The van der Waals surface area contributed by atoms with Crippen LogP contribution in [0.2, 0.25) is 0 Å². The van der Waals surface area contributed by atoms with Gasteiger partial charge in [-0.3, -0.25) is 10.1 Å². The molecule has 6 nitrogen and oxygen atoms in total. The summed E-state index contributed by atoms with van der Waals surface area (Å²) in [5.74, 6) is 0.599. The number of aromatic nitrogens is 1. The van der Waals surface area contributed by atoms with Crippen molar-refractivity contribution >= 4 is 11.5 Å². The second-order valence-electron chi connectivity index (χ2n) is 4.68. The van der Waals surface area contributed by atoms with Gasteiger partial charge in [-0.05, 0) is 18.5 Å². The molecular formula is C15H18N4O2. The standard InChI is InChI=1S/C15H18N4O2/c16-8-4-10-18(12-13-5-2-1-3-6-13)15-11-14(19(20)21)7-9-17-15/h1-3,5-7,9,11H,4,8,10,12,16H2. The smallest absolute Gasteiger partial charge is 0.274 e. The summed E-state index contributed by atoms with van der Waals surface area (Å²) in [4.78, 5) is 16.7. The fourth-order valence-electron chi connectivity index (χ4n) is 2.05. The van der Waals surface area contributed by atoms with Crippen molar-refractivity contribution in [2.75, 3.05) is 18.0 Å². The summed E-state index contributed by atoms with van der Waals surface area (Å²) in [5, 5.41) is 10.9. The molecule has 6 heteroatoms. The maximum Gasteiger partial charge on any atom is 0.274 e. The third-order valence-corrected chi connectivity index (χ3v) is 3.11. The number of nitrogens with two attached hydrogens (primary N) is 1. The Morgan fingerprint density at radius 3 is 2.67 bits per heavy atom. The van der Waals surface area contributed by atoms with Gasteiger partial charge in [0.05, 0.1) is 11.0 Å². The van der Waals surface area contributed by atoms with Crippen molar-refractivity contribution in [2.24, 2.45) is 5.73 Å². The zero-order chi connectivity index (χ0) is 15.1. The number of hydrogen-bond donors (Lipinski definition) is 1. The van der Waals surface area contributed by atoms with E-state index in [1.807, 2.05) is 35.2 Å². The van der Waals surface area contributed by atoms with E-state index in [4.69, 9.17) is 5.73 Å². The van der Waals surface area contributed by atoms with E-state index in [0.717, 1.165) is 12.0 Å². The van der Waals surface area contributed by atoms with Gasteiger partial charge < -0.3 is 10.6 Å². The van der Waals surface area contributed by atoms with E-state index in [0.29, 0.717) is 25.5 Å². The van der Waals surface area contributed by atoms with Gasteiger partial charge in [0, 0.05) is 25.4 Å². The minimum Gasteiger partial charge on any atom is -0.352 e. The summed E-state index contributed by atoms with van der Waals surface area (Å²) in [6.07, 6.45) is 2.27. The van der Waals surface area contributed by atoms with Gasteiger partial charge in [0.1, 0.15) is 5.82 Å². The molecule has 0 unspecified atom stereocenters. The van der Waals surface area contributed by atoms with Gasteiger partial charge in [0.25, 0.3) is 5.69 Å². The highest BCUT2D eigenvalue weighted by Crippen LogP contribution is 2.20. The van der Waals surface area contributed by atoms with Gasteiger partial charge in [-0.1, -0.05) is 30.3 Å². The van der Waals surface area contributed by atoms with Crippen molar-refractivity contribution in [2.45, 2.75) is 13.0 Å². The van der Waals surface area contributed by atoms with Crippen LogP contribution in [-0.4, -0.2) is 23.0 Å². The van der Waals surface area contributed by atoms with Crippen LogP contribution in [0.15, 0.2) is 48.7 Å². The molecule has 0 aliphatic rings. The Hall–Kier alpha value is -2.47. The molecule has 0 aliphatic heterocycles. The zero-order valence-corrected chi connectivity index (χ0v) is 11.7. The van der Waals surface area contributed by atoms with Crippen molar-refractivity contribution in [3.8, 4) is 0 Å². The average molecular weight is 286 g/mol. The van der Waals surface area contributed by atoms with Crippen molar-refractivity contribution in [3.63, 3.8) is 0 Å². The molecule has 0 radical (unpaired) electrons. The van der Waals surface area contributed by atoms with Crippen LogP contribution in [0.5, 0.6) is 0 Å². The van der Waals surface area contributed by atoms with Crippen LogP contribution in [0.3, 0.4) is 0 Å². The van der Waals surface area contributed by atoms with Crippen molar-refractivity contribution < 1.29 is 4.92 Å². The Morgan fingerprint density at radius 1 is 1.24 bits per heavy atom. The highest BCUT2D eigenvalue weighted by atomic mass is 16.6. The maximum atomic E-state index is 10.9. The van der Waals surface area contributed by atoms with Crippen LogP contribution in [0.4, 0.5) is 11.5 Å². The van der Waals surface area contributed by atoms with Crippen LogP contribution in [-0.2, 0) is 6.54 Å². The molecule has 21 heavy (non-hydrogen) atoms. The number of pyridine rings is 1. The lowest BCUT2D eigenvalue weighted by Gasteiger charge is -2.23. The first-order chi connectivity index (χ1) is 10.2. The monoisotopic (exact) mass is 286 g/mol. The first-order valence-corrected chi connectivity index (χ1v) is 6.80. The van der Waals surface area contributed by atoms with E-state index in [-0.39, 0.29) is 5.69 Å². The SMILES string of the molecule is NCCCN(Cc1ccccc1)c1cc([N+](=O)[O-])ccn1. The Labute approximate surface area is 123 Å². The van der Waals surface area contributed by atoms with Crippen LogP contribution in [0.1, 0.15) is 12.0 Å². The Bertz CT molecular complexity index is 589. The summed E-state index contributed by atoms with van der Waals surface area (Å²) in [7, 11) is 0. The highest BCUT2D eigenvalue weighted by Gasteiger charge is 2.13. The Morgan fingerprint density at radius 2 is 2.00 bits per heavy atom. The molecule has 0 bridgehead atoms. The largest absolute Gasteiger partial charge is 0.352 e. The zero-order valence-electron chi connectivity index (χ0n) is 11.7. The molecule has 1 heterocycles. The molecule has 0 amide bonds. The topological polar surface area (TPSA) is 85.3 Å². The average Bonchev–Trinajstić information content (AvgIpc) is 2.52. The second-order valence-corrected chi connectivity index (χ2v) is 4.68. The number of anilines is 1. The van der Waals surface area contributed by atoms with Crippen LogP contribution in [0, 0.1) is 10.1 Å². The van der Waals surface area contributed by atoms with Crippen LogP contribution >= 0.6 is 0 Å². The second kappa shape index (κ2) is 7.35. The van der Waals surface area contributed by atoms with Gasteiger partial charge in [-0.15, -0.1) is 0 Å². The number of benzene rings is 1. The molecule has 1 aromatic carbocycles. The van der Waals surface area contributed by atoms with Crippen molar-refractivity contribution in [3.05, 3.63) is 64.3 Å². The fraction of sp³-hybridized carbons (Fsp3) is 0.267. The Kier molecular flexibility index (Phi) is 5.22. The van der Waals surface area contributed by atoms with E-state index < -0.39 is 4.92 Å². The molecule has 0 spiro atoms. The Balaban J connectivity index is 2.22. The lowest BCUT2D eigenvalue weighted by molar-refractivity contribution is -0.384. The molecule has 2 rings (SSSR count). The molecule has 2 N–H and O–H groups in total. The summed E-state index contributed by atoms with van der Waals surface area (Å²) >= 11 is 0. The quantitative estimate of drug-likeness (QED) is 0.623. The minimum absolute atomic E-state index is 0.0470. The van der Waals surface area contributed by atoms with Crippen molar-refractivity contribution in [1.29, 1.82) is 0 Å². The van der Waals surface area contributed by atoms with Gasteiger partial charge in [-0.2, -0.15) is 0 Å². The number of nitro groups is 1. The first-order valence-electron chi connectivity index (χ1n) is 6.80. The predicted octanol–water partition coefficient (Wildman–Crippen LogP) is 2.35. The minimum atomic E-state index is -0.408. The number of hydrogen-bond acceptors (Lipinski definition) is 5. The molecule has 0 saturated heterocycles. The molecule has 110 valence electrons. The van der Waals surface area contributed by atoms with Crippen molar-refractivity contribution in [1.82, 2.24) is 4.98 Å². The normalized spacial score (nSPS) is 10.3. The van der Waals surface area contributed by atoms with Gasteiger partial charge in [0.15, 0.2) is 0 Å². The molecule has 2 aromatic rings. The van der Waals surface area contributed by atoms with E-state index in [1.54, 1.807) is 0 Å². The highest BCUT2D eigenvalue weighted by molar-refractivity contribution is 5.47. The summed E-state index contributed by atoms with van der Waals surface area (Å²) in [6.45, 7) is 1.93. The molecule has 0 saturated carbocycles. The third-order valence-electron chi connectivity index (χ3n) is 3.11. The van der Waals surface area contributed by atoms with Gasteiger partial charge in [0.2, 0.25) is 0 Å². The molecule has 1 aromatic heterocycles. The van der Waals surface area contributed by atoms with Gasteiger partial charge in [-0.25, -0.2) is 4.98 Å². The maximum absolute atomic E-state index is 10.9. The number of nitrogens with zero attached hydrogens (tertiary/aromatic N) is 3. The molecule has 0 atom stereocenters. The van der Waals surface area contributed by atoms with E-state index >= 15 is 0 Å². The van der Waals surface area contributed by atoms with E-state index in [9.17, 15) is 10.1 Å². The van der Waals surface area contributed by atoms with E-state index in [2.05, 4.69) is 4.98 Å². The first kappa shape index (κ1) is 14.9. The van der Waals surface area contributed by atoms with E-state index in [1.165, 1.54) is 18.3 Å². The third kappa shape index (κ3) is 4.25. The summed E-state index contributed by atoms with van der Waals surface area (Å²) < 4.78 is 0.